The molecule has 1 amide bonds. The van der Waals surface area contributed by atoms with Gasteiger partial charge < -0.3 is 14.2 Å². The third-order valence-corrected chi connectivity index (χ3v) is 5.19. The molecular formula is C22H21NO5. The molecule has 2 aliphatic heterocycles. The summed E-state index contributed by atoms with van der Waals surface area (Å²) in [6.45, 7) is 2.06. The second kappa shape index (κ2) is 7.03. The van der Waals surface area contributed by atoms with E-state index in [9.17, 15) is 9.59 Å². The average molecular weight is 379 g/mol. The minimum Gasteiger partial charge on any atom is -0.493 e. The molecule has 4 rings (SSSR count). The minimum absolute atomic E-state index is 0.0672. The molecular weight excluding hydrogens is 358 g/mol. The molecule has 0 radical (unpaired) electrons. The number of amides is 1. The number of nitrogens with zero attached hydrogens (tertiary/aromatic N) is 1. The van der Waals surface area contributed by atoms with Crippen molar-refractivity contribution in [3.05, 3.63) is 64.9 Å². The van der Waals surface area contributed by atoms with Crippen LogP contribution in [0.1, 0.15) is 23.5 Å². The van der Waals surface area contributed by atoms with Crippen LogP contribution in [0.25, 0.3) is 0 Å². The van der Waals surface area contributed by atoms with Gasteiger partial charge in [0, 0.05) is 18.0 Å². The summed E-state index contributed by atoms with van der Waals surface area (Å²) in [7, 11) is 3.12. The number of methoxy groups -OCH3 is 2. The summed E-state index contributed by atoms with van der Waals surface area (Å²) in [5.41, 5.74) is 3.77. The lowest BCUT2D eigenvalue weighted by Crippen LogP contribution is -2.37. The minimum atomic E-state index is -0.377. The highest BCUT2D eigenvalue weighted by Gasteiger charge is 2.43. The number of aryl methyl sites for hydroxylation is 1. The third kappa shape index (κ3) is 2.91. The molecule has 2 aromatic rings. The van der Waals surface area contributed by atoms with Crippen molar-refractivity contribution in [3.63, 3.8) is 0 Å². The van der Waals surface area contributed by atoms with Gasteiger partial charge in [-0.05, 0) is 42.3 Å². The first-order chi connectivity index (χ1) is 13.5. The molecule has 144 valence electrons. The van der Waals surface area contributed by atoms with E-state index in [2.05, 4.69) is 0 Å². The van der Waals surface area contributed by atoms with Crippen LogP contribution in [-0.4, -0.2) is 32.7 Å². The zero-order valence-electron chi connectivity index (χ0n) is 16.0. The SMILES string of the molecule is COc1ccc([C@@H]2CC(=O)N(c3cccc(C)c3)C3=C2C(=O)OC3)cc1OC. The molecule has 0 saturated heterocycles. The molecule has 0 aliphatic carbocycles. The van der Waals surface area contributed by atoms with Crippen LogP contribution in [0.3, 0.4) is 0 Å². The molecule has 1 atom stereocenters. The smallest absolute Gasteiger partial charge is 0.336 e. The molecule has 0 unspecified atom stereocenters. The molecule has 0 fully saturated rings. The molecule has 2 heterocycles. The fraction of sp³-hybridized carbons (Fsp3) is 0.273. The quantitative estimate of drug-likeness (QED) is 0.763. The van der Waals surface area contributed by atoms with Crippen molar-refractivity contribution in [2.24, 2.45) is 0 Å². The van der Waals surface area contributed by atoms with Gasteiger partial charge in [-0.1, -0.05) is 18.2 Å². The van der Waals surface area contributed by atoms with Crippen LogP contribution in [0.5, 0.6) is 11.5 Å². The molecule has 0 saturated carbocycles. The van der Waals surface area contributed by atoms with Crippen molar-refractivity contribution in [1.29, 1.82) is 0 Å². The lowest BCUT2D eigenvalue weighted by Gasteiger charge is -2.32. The van der Waals surface area contributed by atoms with Crippen molar-refractivity contribution in [3.8, 4) is 11.5 Å². The molecule has 6 nitrogen and oxygen atoms in total. The normalized spacial score (nSPS) is 18.8. The Hall–Kier alpha value is -3.28. The maximum atomic E-state index is 13.1. The van der Waals surface area contributed by atoms with Crippen LogP contribution in [-0.2, 0) is 14.3 Å². The Morgan fingerprint density at radius 1 is 1.04 bits per heavy atom. The van der Waals surface area contributed by atoms with E-state index in [1.54, 1.807) is 25.2 Å². The lowest BCUT2D eigenvalue weighted by molar-refractivity contribution is -0.136. The van der Waals surface area contributed by atoms with Crippen molar-refractivity contribution < 1.29 is 23.8 Å². The summed E-state index contributed by atoms with van der Waals surface area (Å²) in [4.78, 5) is 27.2. The number of carbonyl (C=O) groups excluding carboxylic acids is 2. The fourth-order valence-corrected chi connectivity index (χ4v) is 3.88. The van der Waals surface area contributed by atoms with E-state index >= 15 is 0 Å². The van der Waals surface area contributed by atoms with Crippen molar-refractivity contribution >= 4 is 17.6 Å². The fourth-order valence-electron chi connectivity index (χ4n) is 3.88. The van der Waals surface area contributed by atoms with E-state index in [1.165, 1.54) is 0 Å². The zero-order valence-corrected chi connectivity index (χ0v) is 16.0. The van der Waals surface area contributed by atoms with Gasteiger partial charge in [0.1, 0.15) is 6.61 Å². The van der Waals surface area contributed by atoms with Gasteiger partial charge in [-0.2, -0.15) is 0 Å². The molecule has 28 heavy (non-hydrogen) atoms. The monoisotopic (exact) mass is 379 g/mol. The van der Waals surface area contributed by atoms with E-state index in [0.717, 1.165) is 16.8 Å². The maximum Gasteiger partial charge on any atom is 0.336 e. The Morgan fingerprint density at radius 2 is 1.82 bits per heavy atom. The van der Waals surface area contributed by atoms with Crippen LogP contribution in [0.2, 0.25) is 0 Å². The topological polar surface area (TPSA) is 65.1 Å². The largest absolute Gasteiger partial charge is 0.493 e. The highest BCUT2D eigenvalue weighted by molar-refractivity contribution is 6.06. The van der Waals surface area contributed by atoms with Crippen molar-refractivity contribution in [2.75, 3.05) is 25.7 Å². The average Bonchev–Trinajstić information content (AvgIpc) is 3.08. The number of hydrogen-bond donors (Lipinski definition) is 0. The van der Waals surface area contributed by atoms with Gasteiger partial charge in [0.05, 0.1) is 25.5 Å². The molecule has 2 aromatic carbocycles. The summed E-state index contributed by atoms with van der Waals surface area (Å²) in [5.74, 6) is 0.334. The summed E-state index contributed by atoms with van der Waals surface area (Å²) in [6.07, 6.45) is 0.178. The number of benzene rings is 2. The van der Waals surface area contributed by atoms with E-state index in [0.29, 0.717) is 22.8 Å². The number of esters is 1. The van der Waals surface area contributed by atoms with Crippen LogP contribution >= 0.6 is 0 Å². The van der Waals surface area contributed by atoms with Gasteiger partial charge in [-0.15, -0.1) is 0 Å². The van der Waals surface area contributed by atoms with Crippen LogP contribution < -0.4 is 14.4 Å². The Labute approximate surface area is 163 Å². The van der Waals surface area contributed by atoms with Gasteiger partial charge in [0.2, 0.25) is 5.91 Å². The van der Waals surface area contributed by atoms with E-state index in [4.69, 9.17) is 14.2 Å². The van der Waals surface area contributed by atoms with Crippen LogP contribution in [0.4, 0.5) is 5.69 Å². The number of ether oxygens (including phenoxy) is 3. The number of hydrogen-bond acceptors (Lipinski definition) is 5. The van der Waals surface area contributed by atoms with Crippen LogP contribution in [0.15, 0.2) is 53.7 Å². The predicted molar refractivity (Wildman–Crippen MR) is 104 cm³/mol. The Balaban J connectivity index is 1.81. The number of anilines is 1. The van der Waals surface area contributed by atoms with Crippen LogP contribution in [0, 0.1) is 6.92 Å². The molecule has 0 spiro atoms. The standard InChI is InChI=1S/C22H21NO5/c1-13-5-4-6-15(9-13)23-17-12-28-22(25)21(17)16(11-20(23)24)14-7-8-18(26-2)19(10-14)27-3/h4-10,16H,11-12H2,1-3H3/t16-/m0/s1. The highest BCUT2D eigenvalue weighted by Crippen LogP contribution is 2.43. The zero-order chi connectivity index (χ0) is 19.8. The van der Waals surface area contributed by atoms with Gasteiger partial charge in [0.15, 0.2) is 11.5 Å². The predicted octanol–water partition coefficient (Wildman–Crippen LogP) is 3.34. The summed E-state index contributed by atoms with van der Waals surface area (Å²) < 4.78 is 16.0. The van der Waals surface area contributed by atoms with E-state index < -0.39 is 0 Å². The molecule has 0 N–H and O–H groups in total. The number of rotatable bonds is 4. The lowest BCUT2D eigenvalue weighted by atomic mass is 9.84. The first-order valence-electron chi connectivity index (χ1n) is 9.05. The Kier molecular flexibility index (Phi) is 4.55. The summed E-state index contributed by atoms with van der Waals surface area (Å²) in [6, 6.07) is 13.1. The van der Waals surface area contributed by atoms with Crippen molar-refractivity contribution in [1.82, 2.24) is 0 Å². The first kappa shape index (κ1) is 18.1. The number of carbonyl (C=O) groups is 2. The second-order valence-electron chi connectivity index (χ2n) is 6.88. The molecule has 2 aliphatic rings. The number of cyclic esters (lactones) is 1. The van der Waals surface area contributed by atoms with E-state index in [-0.39, 0.29) is 30.8 Å². The van der Waals surface area contributed by atoms with Gasteiger partial charge in [-0.3, -0.25) is 9.69 Å². The Morgan fingerprint density at radius 3 is 2.54 bits per heavy atom. The molecule has 6 heteroatoms. The maximum absolute atomic E-state index is 13.1. The van der Waals surface area contributed by atoms with Crippen molar-refractivity contribution in [2.45, 2.75) is 19.3 Å². The first-order valence-corrected chi connectivity index (χ1v) is 9.05. The second-order valence-corrected chi connectivity index (χ2v) is 6.88. The van der Waals surface area contributed by atoms with E-state index in [1.807, 2.05) is 43.3 Å². The summed E-state index contributed by atoms with van der Waals surface area (Å²) in [5, 5.41) is 0. The third-order valence-electron chi connectivity index (χ3n) is 5.19. The highest BCUT2D eigenvalue weighted by atomic mass is 16.5. The molecule has 0 bridgehead atoms. The Bertz CT molecular complexity index is 994. The van der Waals surface area contributed by atoms with Gasteiger partial charge >= 0.3 is 5.97 Å². The molecule has 0 aromatic heterocycles. The summed E-state index contributed by atoms with van der Waals surface area (Å²) >= 11 is 0. The van der Waals surface area contributed by atoms with Gasteiger partial charge in [0.25, 0.3) is 0 Å². The van der Waals surface area contributed by atoms with Gasteiger partial charge in [-0.25, -0.2) is 4.79 Å².